The van der Waals surface area contributed by atoms with E-state index in [0.717, 1.165) is 23.3 Å². The van der Waals surface area contributed by atoms with Gasteiger partial charge in [-0.1, -0.05) is 48.5 Å². The number of carbonyl (C=O) groups excluding carboxylic acids is 2. The number of rotatable bonds is 3. The number of amides is 2. The van der Waals surface area contributed by atoms with E-state index >= 15 is 0 Å². The molecule has 0 spiro atoms. The van der Waals surface area contributed by atoms with Crippen LogP contribution in [0.4, 0.5) is 0 Å². The number of fused-ring (bicyclic) bond motifs is 3. The Morgan fingerprint density at radius 1 is 1.00 bits per heavy atom. The van der Waals surface area contributed by atoms with Crippen LogP contribution in [0, 0.1) is 18.3 Å². The minimum absolute atomic E-state index is 0.0493. The van der Waals surface area contributed by atoms with Crippen molar-refractivity contribution in [2.24, 2.45) is 0 Å². The van der Waals surface area contributed by atoms with Gasteiger partial charge in [0.05, 0.1) is 18.0 Å². The zero-order valence-electron chi connectivity index (χ0n) is 21.5. The third kappa shape index (κ3) is 4.10. The average molecular weight is 507 g/mol. The zero-order valence-corrected chi connectivity index (χ0v) is 21.5. The molecule has 7 heteroatoms. The summed E-state index contributed by atoms with van der Waals surface area (Å²) in [5.74, 6) is 0.926. The maximum Gasteiger partial charge on any atom is 0.272 e. The first kappa shape index (κ1) is 24.2. The van der Waals surface area contributed by atoms with Gasteiger partial charge in [0.1, 0.15) is 17.5 Å². The lowest BCUT2D eigenvalue weighted by Crippen LogP contribution is -2.46. The van der Waals surface area contributed by atoms with Gasteiger partial charge < -0.3 is 14.5 Å². The van der Waals surface area contributed by atoms with E-state index in [9.17, 15) is 14.9 Å². The lowest BCUT2D eigenvalue weighted by molar-refractivity contribution is 0.0543. The maximum absolute atomic E-state index is 13.6. The average Bonchev–Trinajstić information content (AvgIpc) is 3.35. The predicted octanol–water partition coefficient (Wildman–Crippen LogP) is 4.48. The van der Waals surface area contributed by atoms with Crippen molar-refractivity contribution in [3.05, 3.63) is 94.8 Å². The number of nitrogens with zero attached hydrogens (tertiary/aromatic N) is 4. The van der Waals surface area contributed by atoms with E-state index in [4.69, 9.17) is 4.74 Å². The molecule has 3 aliphatic heterocycles. The normalized spacial score (nSPS) is 21.6. The van der Waals surface area contributed by atoms with E-state index in [2.05, 4.69) is 17.1 Å². The molecular formula is C31H30N4O3. The predicted molar refractivity (Wildman–Crippen MR) is 142 cm³/mol. The molecule has 2 unspecified atom stereocenters. The zero-order chi connectivity index (χ0) is 26.3. The fourth-order valence-corrected chi connectivity index (χ4v) is 6.15. The van der Waals surface area contributed by atoms with Crippen LogP contribution >= 0.6 is 0 Å². The van der Waals surface area contributed by atoms with E-state index in [1.54, 1.807) is 17.2 Å². The molecule has 7 nitrogen and oxygen atoms in total. The molecule has 3 aliphatic rings. The number of aromatic nitrogens is 1. The summed E-state index contributed by atoms with van der Waals surface area (Å²) in [5, 5.41) is 9.98. The second kappa shape index (κ2) is 9.60. The van der Waals surface area contributed by atoms with Crippen molar-refractivity contribution in [2.45, 2.75) is 43.6 Å². The molecular weight excluding hydrogens is 476 g/mol. The molecule has 2 atom stereocenters. The molecule has 0 radical (unpaired) electrons. The van der Waals surface area contributed by atoms with Gasteiger partial charge in [-0.15, -0.1) is 0 Å². The fourth-order valence-electron chi connectivity index (χ4n) is 6.15. The Morgan fingerprint density at radius 3 is 2.50 bits per heavy atom. The second-order valence-electron chi connectivity index (χ2n) is 10.6. The summed E-state index contributed by atoms with van der Waals surface area (Å²) in [4.78, 5) is 35.0. The molecule has 4 heterocycles. The first-order chi connectivity index (χ1) is 18.5. The van der Waals surface area contributed by atoms with E-state index in [1.165, 1.54) is 5.56 Å². The highest BCUT2D eigenvalue weighted by atomic mass is 16.5. The Labute approximate surface area is 222 Å². The van der Waals surface area contributed by atoms with Crippen LogP contribution in [0.2, 0.25) is 0 Å². The lowest BCUT2D eigenvalue weighted by atomic mass is 9.74. The molecule has 192 valence electrons. The number of benzene rings is 2. The number of aryl methyl sites for hydroxylation is 1. The van der Waals surface area contributed by atoms with Crippen LogP contribution in [0.1, 0.15) is 62.7 Å². The van der Waals surface area contributed by atoms with Gasteiger partial charge in [0, 0.05) is 42.9 Å². The van der Waals surface area contributed by atoms with Gasteiger partial charge in [0.25, 0.3) is 11.8 Å². The Bertz CT molecular complexity index is 1420. The highest BCUT2D eigenvalue weighted by Gasteiger charge is 2.41. The Balaban J connectivity index is 1.15. The summed E-state index contributed by atoms with van der Waals surface area (Å²) in [6.07, 6.45) is 3.54. The smallest absolute Gasteiger partial charge is 0.272 e. The second-order valence-corrected chi connectivity index (χ2v) is 10.6. The summed E-state index contributed by atoms with van der Waals surface area (Å²) < 4.78 is 6.17. The van der Waals surface area contributed by atoms with Crippen molar-refractivity contribution in [3.8, 4) is 11.8 Å². The summed E-state index contributed by atoms with van der Waals surface area (Å²) in [7, 11) is 0. The largest absolute Gasteiger partial charge is 0.488 e. The highest BCUT2D eigenvalue weighted by molar-refractivity contribution is 5.99. The number of hydrogen-bond acceptors (Lipinski definition) is 5. The van der Waals surface area contributed by atoms with Gasteiger partial charge in [-0.25, -0.2) is 0 Å². The molecule has 2 saturated heterocycles. The van der Waals surface area contributed by atoms with Crippen LogP contribution in [0.3, 0.4) is 0 Å². The fraction of sp³-hybridized carbons (Fsp3) is 0.355. The first-order valence-electron chi connectivity index (χ1n) is 13.3. The van der Waals surface area contributed by atoms with Crippen LogP contribution in [0.25, 0.3) is 0 Å². The first-order valence-corrected chi connectivity index (χ1v) is 13.3. The Hall–Kier alpha value is -4.18. The number of likely N-dealkylation sites (tertiary alicyclic amines) is 2. The third-order valence-electron chi connectivity index (χ3n) is 8.44. The van der Waals surface area contributed by atoms with Crippen LogP contribution in [-0.4, -0.2) is 58.9 Å². The van der Waals surface area contributed by atoms with Crippen LogP contribution in [0.15, 0.2) is 66.9 Å². The molecule has 38 heavy (non-hydrogen) atoms. The standard InChI is InChI=1S/C31H30N4O3/c1-21-18-33-26(30(37)34-15-12-31(20-32,13-16-34)22-7-3-2-4-8-22)17-25(21)29(36)35-14-11-24-23-9-5-6-10-27(23)38-28(24)19-35/h2-10,17-18,24,28H,11-16,19H2,1H3. The van der Waals surface area contributed by atoms with Gasteiger partial charge >= 0.3 is 0 Å². The molecule has 3 aromatic rings. The third-order valence-corrected chi connectivity index (χ3v) is 8.44. The number of pyridine rings is 1. The minimum Gasteiger partial charge on any atom is -0.488 e. The van der Waals surface area contributed by atoms with Crippen molar-refractivity contribution in [2.75, 3.05) is 26.2 Å². The number of carbonyl (C=O) groups is 2. The van der Waals surface area contributed by atoms with Gasteiger partial charge in [0.15, 0.2) is 0 Å². The monoisotopic (exact) mass is 506 g/mol. The Morgan fingerprint density at radius 2 is 1.74 bits per heavy atom. The number of hydrogen-bond donors (Lipinski definition) is 0. The van der Waals surface area contributed by atoms with Gasteiger partial charge in [-0.05, 0) is 49.4 Å². The van der Waals surface area contributed by atoms with Crippen molar-refractivity contribution in [1.82, 2.24) is 14.8 Å². The van der Waals surface area contributed by atoms with Crippen molar-refractivity contribution < 1.29 is 14.3 Å². The molecule has 6 rings (SSSR count). The quantitative estimate of drug-likeness (QED) is 0.523. The van der Waals surface area contributed by atoms with Gasteiger partial charge in [-0.3, -0.25) is 14.6 Å². The number of piperidine rings is 2. The summed E-state index contributed by atoms with van der Waals surface area (Å²) in [5.41, 5.74) is 3.15. The number of nitriles is 1. The minimum atomic E-state index is -0.589. The molecule has 1 aromatic heterocycles. The molecule has 0 bridgehead atoms. The van der Waals surface area contributed by atoms with E-state index < -0.39 is 5.41 Å². The molecule has 0 saturated carbocycles. The lowest BCUT2D eigenvalue weighted by Gasteiger charge is -2.37. The molecule has 2 aromatic carbocycles. The summed E-state index contributed by atoms with van der Waals surface area (Å²) >= 11 is 0. The van der Waals surface area contributed by atoms with Gasteiger partial charge in [0.2, 0.25) is 0 Å². The van der Waals surface area contributed by atoms with E-state index in [0.29, 0.717) is 50.5 Å². The van der Waals surface area contributed by atoms with Crippen molar-refractivity contribution >= 4 is 11.8 Å². The van der Waals surface area contributed by atoms with Crippen LogP contribution in [-0.2, 0) is 5.41 Å². The summed E-state index contributed by atoms with van der Waals surface area (Å²) in [6.45, 7) is 3.95. The van der Waals surface area contributed by atoms with Crippen LogP contribution < -0.4 is 4.74 Å². The van der Waals surface area contributed by atoms with Crippen molar-refractivity contribution in [1.29, 1.82) is 5.26 Å². The van der Waals surface area contributed by atoms with Gasteiger partial charge in [-0.2, -0.15) is 5.26 Å². The number of para-hydroxylation sites is 1. The maximum atomic E-state index is 13.6. The van der Waals surface area contributed by atoms with E-state index in [1.807, 2.05) is 60.4 Å². The topological polar surface area (TPSA) is 86.5 Å². The number of ether oxygens (including phenoxy) is 1. The Kier molecular flexibility index (Phi) is 6.11. The summed E-state index contributed by atoms with van der Waals surface area (Å²) in [6, 6.07) is 22.1. The molecule has 0 aliphatic carbocycles. The van der Waals surface area contributed by atoms with Crippen LogP contribution in [0.5, 0.6) is 5.75 Å². The highest BCUT2D eigenvalue weighted by Crippen LogP contribution is 2.42. The van der Waals surface area contributed by atoms with Crippen molar-refractivity contribution in [3.63, 3.8) is 0 Å². The molecule has 2 fully saturated rings. The SMILES string of the molecule is Cc1cnc(C(=O)N2CCC(C#N)(c3ccccc3)CC2)cc1C(=O)N1CCC2c3ccccc3OC2C1. The molecule has 2 amide bonds. The molecule has 0 N–H and O–H groups in total. The van der Waals surface area contributed by atoms with E-state index in [-0.39, 0.29) is 23.6 Å².